The minimum Gasteiger partial charge on any atom is -0.337 e. The van der Waals surface area contributed by atoms with Crippen LogP contribution in [0.3, 0.4) is 0 Å². The van der Waals surface area contributed by atoms with E-state index in [2.05, 4.69) is 17.1 Å². The van der Waals surface area contributed by atoms with Gasteiger partial charge in [0.1, 0.15) is 0 Å². The Balaban J connectivity index is 1.90. The van der Waals surface area contributed by atoms with Crippen LogP contribution in [0.1, 0.15) is 39.0 Å². The predicted molar refractivity (Wildman–Crippen MR) is 60.6 cm³/mol. The topological polar surface area (TPSA) is 32.3 Å². The smallest absolute Gasteiger partial charge is 0.226 e. The summed E-state index contributed by atoms with van der Waals surface area (Å²) in [6.07, 6.45) is 6.06. The van der Waals surface area contributed by atoms with Gasteiger partial charge in [0.05, 0.1) is 6.04 Å². The average Bonchev–Trinajstić information content (AvgIpc) is 2.23. The third kappa shape index (κ3) is 2.33. The molecule has 1 amide bonds. The fourth-order valence-corrected chi connectivity index (χ4v) is 2.67. The molecular weight excluding hydrogens is 188 g/mol. The zero-order chi connectivity index (χ0) is 10.7. The molecule has 1 saturated heterocycles. The van der Waals surface area contributed by atoms with Crippen LogP contribution >= 0.6 is 0 Å². The van der Waals surface area contributed by atoms with E-state index in [1.807, 2.05) is 0 Å². The van der Waals surface area contributed by atoms with Gasteiger partial charge in [0.2, 0.25) is 5.91 Å². The summed E-state index contributed by atoms with van der Waals surface area (Å²) in [7, 11) is 0. The Morgan fingerprint density at radius 2 is 1.93 bits per heavy atom. The summed E-state index contributed by atoms with van der Waals surface area (Å²) < 4.78 is 0. The summed E-state index contributed by atoms with van der Waals surface area (Å²) in [5, 5.41) is 3.24. The van der Waals surface area contributed by atoms with Gasteiger partial charge in [-0.1, -0.05) is 19.3 Å². The summed E-state index contributed by atoms with van der Waals surface area (Å²) in [5.74, 6) is 0.753. The van der Waals surface area contributed by atoms with E-state index in [1.165, 1.54) is 19.3 Å². The molecule has 2 rings (SSSR count). The standard InChI is InChI=1S/C12H22N2O/c1-2-14(11-8-13-9-11)12(15)10-6-4-3-5-7-10/h10-11,13H,2-9H2,1H3. The molecule has 2 aliphatic rings. The molecular formula is C12H22N2O. The number of hydrogen-bond donors (Lipinski definition) is 1. The summed E-state index contributed by atoms with van der Waals surface area (Å²) in [6.45, 7) is 4.96. The van der Waals surface area contributed by atoms with Crippen LogP contribution in [0, 0.1) is 5.92 Å². The van der Waals surface area contributed by atoms with Gasteiger partial charge in [-0.2, -0.15) is 0 Å². The Hall–Kier alpha value is -0.570. The second-order valence-electron chi connectivity index (χ2n) is 4.77. The van der Waals surface area contributed by atoms with Crippen molar-refractivity contribution < 1.29 is 4.79 Å². The molecule has 0 aromatic heterocycles. The maximum Gasteiger partial charge on any atom is 0.226 e. The fourth-order valence-electron chi connectivity index (χ4n) is 2.67. The lowest BCUT2D eigenvalue weighted by molar-refractivity contribution is -0.139. The normalized spacial score (nSPS) is 23.5. The van der Waals surface area contributed by atoms with Crippen LogP contribution in [0.2, 0.25) is 0 Å². The van der Waals surface area contributed by atoms with E-state index in [9.17, 15) is 4.79 Å². The molecule has 3 nitrogen and oxygen atoms in total. The Labute approximate surface area is 92.2 Å². The molecule has 0 spiro atoms. The van der Waals surface area contributed by atoms with Gasteiger partial charge in [0.25, 0.3) is 0 Å². The summed E-state index contributed by atoms with van der Waals surface area (Å²) in [4.78, 5) is 14.4. The molecule has 0 aromatic rings. The van der Waals surface area contributed by atoms with Gasteiger partial charge >= 0.3 is 0 Å². The van der Waals surface area contributed by atoms with Crippen molar-refractivity contribution in [3.63, 3.8) is 0 Å². The molecule has 86 valence electrons. The largest absolute Gasteiger partial charge is 0.337 e. The monoisotopic (exact) mass is 210 g/mol. The van der Waals surface area contributed by atoms with Gasteiger partial charge < -0.3 is 10.2 Å². The molecule has 1 saturated carbocycles. The fraction of sp³-hybridized carbons (Fsp3) is 0.917. The number of likely N-dealkylation sites (N-methyl/N-ethyl adjacent to an activating group) is 1. The van der Waals surface area contributed by atoms with Crippen LogP contribution in [0.4, 0.5) is 0 Å². The Morgan fingerprint density at radius 3 is 2.40 bits per heavy atom. The third-order valence-corrected chi connectivity index (χ3v) is 3.78. The number of hydrogen-bond acceptors (Lipinski definition) is 2. The molecule has 15 heavy (non-hydrogen) atoms. The molecule has 3 heteroatoms. The highest BCUT2D eigenvalue weighted by molar-refractivity contribution is 5.79. The molecule has 0 atom stereocenters. The molecule has 1 heterocycles. The first-order valence-electron chi connectivity index (χ1n) is 6.34. The van der Waals surface area contributed by atoms with E-state index >= 15 is 0 Å². The predicted octanol–water partition coefficient (Wildman–Crippen LogP) is 1.39. The first-order chi connectivity index (χ1) is 7.33. The highest BCUT2D eigenvalue weighted by atomic mass is 16.2. The molecule has 0 unspecified atom stereocenters. The Morgan fingerprint density at radius 1 is 1.27 bits per heavy atom. The number of carbonyl (C=O) groups is 1. The van der Waals surface area contributed by atoms with Crippen molar-refractivity contribution in [2.24, 2.45) is 5.92 Å². The van der Waals surface area contributed by atoms with E-state index in [1.54, 1.807) is 0 Å². The second kappa shape index (κ2) is 4.97. The minimum absolute atomic E-state index is 0.333. The van der Waals surface area contributed by atoms with Crippen molar-refractivity contribution in [2.45, 2.75) is 45.1 Å². The van der Waals surface area contributed by atoms with Crippen LogP contribution in [0.15, 0.2) is 0 Å². The SMILES string of the molecule is CCN(C(=O)C1CCCCC1)C1CNC1. The summed E-state index contributed by atoms with van der Waals surface area (Å²) >= 11 is 0. The quantitative estimate of drug-likeness (QED) is 0.763. The van der Waals surface area contributed by atoms with Crippen molar-refractivity contribution in [3.8, 4) is 0 Å². The van der Waals surface area contributed by atoms with Crippen LogP contribution < -0.4 is 5.32 Å². The molecule has 1 N–H and O–H groups in total. The van der Waals surface area contributed by atoms with Crippen LogP contribution in [-0.2, 0) is 4.79 Å². The average molecular weight is 210 g/mol. The van der Waals surface area contributed by atoms with E-state index < -0.39 is 0 Å². The second-order valence-corrected chi connectivity index (χ2v) is 4.77. The van der Waals surface area contributed by atoms with E-state index in [-0.39, 0.29) is 0 Å². The first kappa shape index (κ1) is 10.9. The van der Waals surface area contributed by atoms with E-state index in [0.29, 0.717) is 17.9 Å². The van der Waals surface area contributed by atoms with E-state index in [4.69, 9.17) is 0 Å². The minimum atomic E-state index is 0.333. The van der Waals surface area contributed by atoms with E-state index in [0.717, 1.165) is 32.5 Å². The maximum absolute atomic E-state index is 12.3. The van der Waals surface area contributed by atoms with Crippen molar-refractivity contribution in [1.29, 1.82) is 0 Å². The molecule has 1 aliphatic heterocycles. The van der Waals surface area contributed by atoms with Crippen LogP contribution in [0.5, 0.6) is 0 Å². The highest BCUT2D eigenvalue weighted by Gasteiger charge is 2.32. The number of amides is 1. The van der Waals surface area contributed by atoms with Gasteiger partial charge in [0.15, 0.2) is 0 Å². The maximum atomic E-state index is 12.3. The molecule has 0 bridgehead atoms. The van der Waals surface area contributed by atoms with Crippen molar-refractivity contribution in [3.05, 3.63) is 0 Å². The van der Waals surface area contributed by atoms with Crippen LogP contribution in [0.25, 0.3) is 0 Å². The first-order valence-corrected chi connectivity index (χ1v) is 6.34. The lowest BCUT2D eigenvalue weighted by Gasteiger charge is -2.40. The van der Waals surface area contributed by atoms with Gasteiger partial charge in [0, 0.05) is 25.6 Å². The number of rotatable bonds is 3. The van der Waals surface area contributed by atoms with Crippen molar-refractivity contribution in [2.75, 3.05) is 19.6 Å². The zero-order valence-corrected chi connectivity index (χ0v) is 9.67. The Bertz CT molecular complexity index is 220. The molecule has 1 aliphatic carbocycles. The highest BCUT2D eigenvalue weighted by Crippen LogP contribution is 2.26. The number of nitrogens with zero attached hydrogens (tertiary/aromatic N) is 1. The van der Waals surface area contributed by atoms with Gasteiger partial charge in [-0.15, -0.1) is 0 Å². The molecule has 0 radical (unpaired) electrons. The van der Waals surface area contributed by atoms with Crippen molar-refractivity contribution >= 4 is 5.91 Å². The van der Waals surface area contributed by atoms with Gasteiger partial charge in [-0.05, 0) is 19.8 Å². The summed E-state index contributed by atoms with van der Waals surface area (Å²) in [6, 6.07) is 0.476. The Kier molecular flexibility index (Phi) is 3.62. The lowest BCUT2D eigenvalue weighted by Crippen LogP contribution is -2.59. The molecule has 0 aromatic carbocycles. The molecule has 2 fully saturated rings. The summed E-state index contributed by atoms with van der Waals surface area (Å²) in [5.41, 5.74) is 0. The number of carbonyl (C=O) groups excluding carboxylic acids is 1. The number of nitrogens with one attached hydrogen (secondary N) is 1. The lowest BCUT2D eigenvalue weighted by atomic mass is 9.87. The van der Waals surface area contributed by atoms with Gasteiger partial charge in [-0.3, -0.25) is 4.79 Å². The third-order valence-electron chi connectivity index (χ3n) is 3.78. The van der Waals surface area contributed by atoms with Gasteiger partial charge in [-0.25, -0.2) is 0 Å². The zero-order valence-electron chi connectivity index (χ0n) is 9.67. The van der Waals surface area contributed by atoms with Crippen molar-refractivity contribution in [1.82, 2.24) is 10.2 Å². The van der Waals surface area contributed by atoms with Crippen LogP contribution in [-0.4, -0.2) is 36.5 Å².